The fraction of sp³-hybridized carbons (Fsp3) is 0.850. The van der Waals surface area contributed by atoms with Crippen LogP contribution in [0, 0.1) is 0 Å². The van der Waals surface area contributed by atoms with Crippen molar-refractivity contribution in [3.05, 3.63) is 0 Å². The summed E-state index contributed by atoms with van der Waals surface area (Å²) in [5.74, 6) is -0.696. The van der Waals surface area contributed by atoms with Gasteiger partial charge in [-0.15, -0.1) is 12.4 Å². The third-order valence-electron chi connectivity index (χ3n) is 4.60. The van der Waals surface area contributed by atoms with Crippen molar-refractivity contribution in [1.82, 2.24) is 5.32 Å². The zero-order chi connectivity index (χ0) is 20.3. The molecule has 0 bridgehead atoms. The van der Waals surface area contributed by atoms with E-state index in [-0.39, 0.29) is 24.1 Å². The summed E-state index contributed by atoms with van der Waals surface area (Å²) in [4.78, 5) is 27.0. The summed E-state index contributed by atoms with van der Waals surface area (Å²) in [5, 5.41) is 12.1. The number of guanidine groups is 1. The summed E-state index contributed by atoms with van der Waals surface area (Å²) in [5.41, 5.74) is 10.5. The van der Waals surface area contributed by atoms with Crippen LogP contribution in [0.15, 0.2) is 4.99 Å². The van der Waals surface area contributed by atoms with Crippen molar-refractivity contribution in [2.45, 2.75) is 96.4 Å². The van der Waals surface area contributed by atoms with Gasteiger partial charge in [0.15, 0.2) is 5.96 Å². The Hall–Kier alpha value is -1.34. The lowest BCUT2D eigenvalue weighted by Crippen LogP contribution is -2.38. The molecule has 0 saturated heterocycles. The quantitative estimate of drug-likeness (QED) is 0.144. The number of carboxylic acid groups (broad SMARTS) is 1. The van der Waals surface area contributed by atoms with Gasteiger partial charge >= 0.3 is 5.97 Å². The summed E-state index contributed by atoms with van der Waals surface area (Å²) in [6.45, 7) is 3.03. The van der Waals surface area contributed by atoms with Gasteiger partial charge in [-0.25, -0.2) is 0 Å². The number of Topliss-reactive ketones (excluding diaryl/α,β-unsaturated/α-hetero) is 1. The van der Waals surface area contributed by atoms with E-state index >= 15 is 0 Å². The van der Waals surface area contributed by atoms with Gasteiger partial charge in [-0.05, 0) is 19.3 Å². The number of aliphatic imine (C=N–C) groups is 1. The molecular weight excluding hydrogens is 380 g/mol. The second-order valence-corrected chi connectivity index (χ2v) is 7.16. The molecule has 0 aromatic heterocycles. The Kier molecular flexibility index (Phi) is 21.0. The van der Waals surface area contributed by atoms with Gasteiger partial charge in [0.25, 0.3) is 0 Å². The van der Waals surface area contributed by atoms with Crippen LogP contribution in [0.1, 0.15) is 90.4 Å². The number of carboxylic acids is 1. The van der Waals surface area contributed by atoms with E-state index in [2.05, 4.69) is 17.2 Å². The van der Waals surface area contributed by atoms with Crippen molar-refractivity contribution >= 4 is 30.1 Å². The molecule has 0 amide bonds. The van der Waals surface area contributed by atoms with Crippen molar-refractivity contribution in [2.24, 2.45) is 16.5 Å². The van der Waals surface area contributed by atoms with Gasteiger partial charge in [-0.3, -0.25) is 14.6 Å². The Bertz CT molecular complexity index is 430. The molecule has 1 atom stereocenters. The topological polar surface area (TPSA) is 131 Å². The van der Waals surface area contributed by atoms with E-state index in [0.29, 0.717) is 38.8 Å². The number of hydrogen-bond acceptors (Lipinski definition) is 4. The van der Waals surface area contributed by atoms with E-state index in [1.807, 2.05) is 0 Å². The van der Waals surface area contributed by atoms with E-state index in [1.165, 1.54) is 44.9 Å². The zero-order valence-electron chi connectivity index (χ0n) is 17.5. The highest BCUT2D eigenvalue weighted by atomic mass is 35.5. The van der Waals surface area contributed by atoms with Crippen LogP contribution in [0.4, 0.5) is 0 Å². The first-order valence-electron chi connectivity index (χ1n) is 10.5. The molecule has 0 aliphatic carbocycles. The van der Waals surface area contributed by atoms with Gasteiger partial charge < -0.3 is 21.9 Å². The molecule has 0 saturated carbocycles. The molecule has 166 valence electrons. The maximum absolute atomic E-state index is 11.9. The minimum absolute atomic E-state index is 0. The number of aliphatic carboxylic acids is 1. The summed E-state index contributed by atoms with van der Waals surface area (Å²) in [6, 6.07) is -0.667. The molecule has 0 aromatic carbocycles. The van der Waals surface area contributed by atoms with E-state index in [0.717, 1.165) is 12.8 Å². The summed E-state index contributed by atoms with van der Waals surface area (Å²) < 4.78 is 0. The maximum Gasteiger partial charge on any atom is 0.320 e. The van der Waals surface area contributed by atoms with Crippen molar-refractivity contribution in [3.8, 4) is 0 Å². The summed E-state index contributed by atoms with van der Waals surface area (Å²) in [7, 11) is 0. The van der Waals surface area contributed by atoms with Crippen LogP contribution in [0.3, 0.4) is 0 Å². The normalized spacial score (nSPS) is 11.5. The number of ketones is 1. The number of halogens is 1. The molecular formula is C20H41ClN4O3. The first-order chi connectivity index (χ1) is 13.0. The van der Waals surface area contributed by atoms with Crippen LogP contribution >= 0.6 is 12.4 Å². The number of rotatable bonds is 19. The first-order valence-corrected chi connectivity index (χ1v) is 10.5. The lowest BCUT2D eigenvalue weighted by atomic mass is 10.0. The molecule has 0 spiro atoms. The van der Waals surface area contributed by atoms with Crippen LogP contribution in [0.25, 0.3) is 0 Å². The largest absolute Gasteiger partial charge is 0.480 e. The predicted octanol–water partition coefficient (Wildman–Crippen LogP) is 3.38. The van der Waals surface area contributed by atoms with E-state index in [1.54, 1.807) is 0 Å². The number of nitrogens with zero attached hydrogens (tertiary/aromatic N) is 1. The minimum Gasteiger partial charge on any atom is -0.480 e. The van der Waals surface area contributed by atoms with Gasteiger partial charge in [0.2, 0.25) is 0 Å². The number of carbonyl (C=O) groups is 2. The molecule has 0 aromatic rings. The molecule has 8 heteroatoms. The molecule has 0 aliphatic heterocycles. The molecule has 0 heterocycles. The van der Waals surface area contributed by atoms with Crippen molar-refractivity contribution < 1.29 is 14.7 Å². The number of carbonyl (C=O) groups excluding carboxylic acids is 1. The average Bonchev–Trinajstić information content (AvgIpc) is 2.61. The molecule has 6 N–H and O–H groups in total. The smallest absolute Gasteiger partial charge is 0.320 e. The first kappa shape index (κ1) is 28.9. The molecule has 0 unspecified atom stereocenters. The standard InChI is InChI=1S/C20H40N4O3.ClH/c1-2-3-4-5-6-7-8-9-10-12-17(25)14-16-23-18(19(26)27)13-11-15-24-20(21)22;/h18,23H,2-16H2,1H3,(H,26,27)(H4,21,22,24);1H/t18-;/m0./s1. The van der Waals surface area contributed by atoms with Gasteiger partial charge in [0.1, 0.15) is 11.8 Å². The van der Waals surface area contributed by atoms with E-state index in [9.17, 15) is 14.7 Å². The fourth-order valence-electron chi connectivity index (χ4n) is 2.96. The SMILES string of the molecule is CCCCCCCCCCCC(=O)CCN[C@@H](CCCN=C(N)N)C(=O)O.Cl. The Morgan fingerprint density at radius 1 is 0.929 bits per heavy atom. The van der Waals surface area contributed by atoms with Crippen molar-refractivity contribution in [2.75, 3.05) is 13.1 Å². The Balaban J connectivity index is 0. The molecule has 0 rings (SSSR count). The number of nitrogens with two attached hydrogens (primary N) is 2. The zero-order valence-corrected chi connectivity index (χ0v) is 18.3. The highest BCUT2D eigenvalue weighted by Crippen LogP contribution is 2.11. The molecule has 7 nitrogen and oxygen atoms in total. The average molecular weight is 421 g/mol. The van der Waals surface area contributed by atoms with Gasteiger partial charge in [0, 0.05) is 25.9 Å². The maximum atomic E-state index is 11.9. The Labute approximate surface area is 176 Å². The van der Waals surface area contributed by atoms with Crippen LogP contribution in [-0.2, 0) is 9.59 Å². The molecule has 0 radical (unpaired) electrons. The third kappa shape index (κ3) is 19.4. The van der Waals surface area contributed by atoms with Crippen molar-refractivity contribution in [3.63, 3.8) is 0 Å². The third-order valence-corrected chi connectivity index (χ3v) is 4.60. The van der Waals surface area contributed by atoms with Crippen LogP contribution < -0.4 is 16.8 Å². The lowest BCUT2D eigenvalue weighted by Gasteiger charge is -2.13. The molecule has 0 aliphatic rings. The number of nitrogens with one attached hydrogen (secondary N) is 1. The molecule has 28 heavy (non-hydrogen) atoms. The van der Waals surface area contributed by atoms with Crippen LogP contribution in [0.2, 0.25) is 0 Å². The lowest BCUT2D eigenvalue weighted by molar-refractivity contribution is -0.139. The highest BCUT2D eigenvalue weighted by Gasteiger charge is 2.16. The Morgan fingerprint density at radius 3 is 2.04 bits per heavy atom. The van der Waals surface area contributed by atoms with E-state index < -0.39 is 12.0 Å². The van der Waals surface area contributed by atoms with Gasteiger partial charge in [0.05, 0.1) is 0 Å². The Morgan fingerprint density at radius 2 is 1.50 bits per heavy atom. The monoisotopic (exact) mass is 420 g/mol. The van der Waals surface area contributed by atoms with Crippen molar-refractivity contribution in [1.29, 1.82) is 0 Å². The second-order valence-electron chi connectivity index (χ2n) is 7.16. The van der Waals surface area contributed by atoms with Gasteiger partial charge in [-0.2, -0.15) is 0 Å². The number of unbranched alkanes of at least 4 members (excludes halogenated alkanes) is 8. The van der Waals surface area contributed by atoms with Crippen LogP contribution in [0.5, 0.6) is 0 Å². The second kappa shape index (κ2) is 20.4. The summed E-state index contributed by atoms with van der Waals surface area (Å²) in [6.07, 6.45) is 13.1. The van der Waals surface area contributed by atoms with Crippen LogP contribution in [-0.4, -0.2) is 41.9 Å². The summed E-state index contributed by atoms with van der Waals surface area (Å²) >= 11 is 0. The van der Waals surface area contributed by atoms with Gasteiger partial charge in [-0.1, -0.05) is 58.3 Å². The molecule has 0 fully saturated rings. The highest BCUT2D eigenvalue weighted by molar-refractivity contribution is 5.85. The number of hydrogen-bond donors (Lipinski definition) is 4. The predicted molar refractivity (Wildman–Crippen MR) is 118 cm³/mol. The fourth-order valence-corrected chi connectivity index (χ4v) is 2.96. The van der Waals surface area contributed by atoms with E-state index in [4.69, 9.17) is 11.5 Å². The minimum atomic E-state index is -0.911.